The number of benzene rings is 1. The molecular weight excluding hydrogens is 320 g/mol. The Bertz CT molecular complexity index is 797. The lowest BCUT2D eigenvalue weighted by Gasteiger charge is -2.08. The number of hydrogen-bond acceptors (Lipinski definition) is 4. The molecule has 0 saturated carbocycles. The van der Waals surface area contributed by atoms with E-state index < -0.39 is 0 Å². The number of hydrogen-bond donors (Lipinski definition) is 0. The highest BCUT2D eigenvalue weighted by Gasteiger charge is 2.12. The lowest BCUT2D eigenvalue weighted by molar-refractivity contribution is 0.466. The Morgan fingerprint density at radius 3 is 2.75 bits per heavy atom. The summed E-state index contributed by atoms with van der Waals surface area (Å²) in [4.78, 5) is 8.73. The Balaban J connectivity index is 2.08. The van der Waals surface area contributed by atoms with Crippen LogP contribution in [0.25, 0.3) is 11.0 Å². The van der Waals surface area contributed by atoms with E-state index in [0.717, 1.165) is 26.8 Å². The van der Waals surface area contributed by atoms with Crippen LogP contribution in [0, 0.1) is 13.8 Å². The van der Waals surface area contributed by atoms with Gasteiger partial charge in [-0.2, -0.15) is 10.1 Å². The molecule has 3 aromatic rings. The Morgan fingerprint density at radius 1 is 1.20 bits per heavy atom. The average Bonchev–Trinajstić information content (AvgIpc) is 2.76. The summed E-state index contributed by atoms with van der Waals surface area (Å²) < 4.78 is 8.66. The van der Waals surface area contributed by atoms with Crippen LogP contribution in [-0.4, -0.2) is 19.7 Å². The second-order valence-electron chi connectivity index (χ2n) is 4.59. The van der Waals surface area contributed by atoms with Crippen molar-refractivity contribution in [3.8, 4) is 11.6 Å². The van der Waals surface area contributed by atoms with Crippen LogP contribution in [0.4, 0.5) is 0 Å². The summed E-state index contributed by atoms with van der Waals surface area (Å²) in [5.74, 6) is 1.93. The van der Waals surface area contributed by atoms with Gasteiger partial charge in [0.15, 0.2) is 5.65 Å². The van der Waals surface area contributed by atoms with Crippen molar-refractivity contribution in [3.05, 3.63) is 40.3 Å². The fraction of sp³-hybridized carbons (Fsp3) is 0.214. The van der Waals surface area contributed by atoms with Crippen molar-refractivity contribution >= 4 is 27.0 Å². The number of nitrogens with zero attached hydrogens (tertiary/aromatic N) is 4. The molecule has 0 fully saturated rings. The van der Waals surface area contributed by atoms with Gasteiger partial charge >= 0.3 is 0 Å². The summed E-state index contributed by atoms with van der Waals surface area (Å²) in [6, 6.07) is 5.82. The second-order valence-corrected chi connectivity index (χ2v) is 5.45. The molecule has 20 heavy (non-hydrogen) atoms. The normalized spacial score (nSPS) is 11.0. The first kappa shape index (κ1) is 13.1. The number of ether oxygens (including phenoxy) is 1. The van der Waals surface area contributed by atoms with Gasteiger partial charge in [-0.1, -0.05) is 15.9 Å². The van der Waals surface area contributed by atoms with E-state index >= 15 is 0 Å². The van der Waals surface area contributed by atoms with Gasteiger partial charge in [-0.3, -0.25) is 4.68 Å². The molecule has 1 aromatic carbocycles. The topological polar surface area (TPSA) is 52.8 Å². The predicted octanol–water partition coefficient (Wildman–Crippen LogP) is 3.53. The molecule has 6 heteroatoms. The molecule has 0 amide bonds. The first-order valence-corrected chi connectivity index (χ1v) is 6.94. The molecular formula is C14H13BrN4O. The standard InChI is InChI=1S/C14H13BrN4O/c1-8-6-10(4-5-12(8)15)20-14-11-7-16-19(3)13(11)17-9(2)18-14/h4-7H,1-3H3. The van der Waals surface area contributed by atoms with Crippen molar-refractivity contribution in [2.45, 2.75) is 13.8 Å². The second kappa shape index (κ2) is 4.86. The molecule has 0 N–H and O–H groups in total. The quantitative estimate of drug-likeness (QED) is 0.720. The van der Waals surface area contributed by atoms with Crippen molar-refractivity contribution < 1.29 is 4.74 Å². The van der Waals surface area contributed by atoms with E-state index in [9.17, 15) is 0 Å². The van der Waals surface area contributed by atoms with Crippen LogP contribution in [0.2, 0.25) is 0 Å². The molecule has 0 aliphatic heterocycles. The van der Waals surface area contributed by atoms with Gasteiger partial charge in [0.2, 0.25) is 5.88 Å². The third-order valence-electron chi connectivity index (χ3n) is 3.01. The molecule has 5 nitrogen and oxygen atoms in total. The SMILES string of the molecule is Cc1nc(Oc2ccc(Br)c(C)c2)c2cnn(C)c2n1. The first-order valence-electron chi connectivity index (χ1n) is 6.15. The summed E-state index contributed by atoms with van der Waals surface area (Å²) in [5.41, 5.74) is 1.87. The number of aromatic nitrogens is 4. The molecule has 2 aromatic heterocycles. The van der Waals surface area contributed by atoms with E-state index in [1.165, 1.54) is 0 Å². The minimum atomic E-state index is 0.530. The van der Waals surface area contributed by atoms with Crippen molar-refractivity contribution in [3.63, 3.8) is 0 Å². The fourth-order valence-corrected chi connectivity index (χ4v) is 2.22. The van der Waals surface area contributed by atoms with Gasteiger partial charge in [0.25, 0.3) is 0 Å². The van der Waals surface area contributed by atoms with E-state index in [1.54, 1.807) is 10.9 Å². The summed E-state index contributed by atoms with van der Waals surface area (Å²) in [6.07, 6.45) is 1.72. The van der Waals surface area contributed by atoms with Crippen LogP contribution >= 0.6 is 15.9 Å². The molecule has 0 atom stereocenters. The van der Waals surface area contributed by atoms with E-state index in [1.807, 2.05) is 39.1 Å². The summed E-state index contributed by atoms with van der Waals surface area (Å²) >= 11 is 3.47. The number of aryl methyl sites for hydroxylation is 3. The minimum Gasteiger partial charge on any atom is -0.438 e. The highest BCUT2D eigenvalue weighted by Crippen LogP contribution is 2.29. The maximum Gasteiger partial charge on any atom is 0.233 e. The monoisotopic (exact) mass is 332 g/mol. The minimum absolute atomic E-state index is 0.530. The highest BCUT2D eigenvalue weighted by atomic mass is 79.9. The molecule has 0 aliphatic rings. The summed E-state index contributed by atoms with van der Waals surface area (Å²) in [7, 11) is 1.85. The van der Waals surface area contributed by atoms with E-state index in [2.05, 4.69) is 31.0 Å². The van der Waals surface area contributed by atoms with Gasteiger partial charge < -0.3 is 4.74 Å². The molecule has 0 spiro atoms. The molecule has 0 aliphatic carbocycles. The van der Waals surface area contributed by atoms with Gasteiger partial charge in [0.1, 0.15) is 17.0 Å². The van der Waals surface area contributed by atoms with Crippen molar-refractivity contribution in [1.82, 2.24) is 19.7 Å². The Labute approximate surface area is 124 Å². The molecule has 0 saturated heterocycles. The van der Waals surface area contributed by atoms with Gasteiger partial charge in [-0.05, 0) is 37.6 Å². The zero-order chi connectivity index (χ0) is 14.3. The van der Waals surface area contributed by atoms with E-state index in [-0.39, 0.29) is 0 Å². The molecule has 0 unspecified atom stereocenters. The van der Waals surface area contributed by atoms with Gasteiger partial charge in [0.05, 0.1) is 6.20 Å². The molecule has 0 radical (unpaired) electrons. The Hall–Kier alpha value is -1.95. The van der Waals surface area contributed by atoms with Gasteiger partial charge in [-0.25, -0.2) is 4.98 Å². The third-order valence-corrected chi connectivity index (χ3v) is 3.90. The summed E-state index contributed by atoms with van der Waals surface area (Å²) in [6.45, 7) is 3.86. The lowest BCUT2D eigenvalue weighted by Crippen LogP contribution is -1.97. The molecule has 0 bridgehead atoms. The smallest absolute Gasteiger partial charge is 0.233 e. The number of halogens is 1. The first-order chi connectivity index (χ1) is 9.54. The maximum absolute atomic E-state index is 5.90. The van der Waals surface area contributed by atoms with Crippen molar-refractivity contribution in [2.75, 3.05) is 0 Å². The Kier molecular flexibility index (Phi) is 3.17. The van der Waals surface area contributed by atoms with Gasteiger partial charge in [-0.15, -0.1) is 0 Å². The van der Waals surface area contributed by atoms with Crippen LogP contribution in [0.5, 0.6) is 11.6 Å². The predicted molar refractivity (Wildman–Crippen MR) is 80.0 cm³/mol. The zero-order valence-corrected chi connectivity index (χ0v) is 13.0. The van der Waals surface area contributed by atoms with Crippen LogP contribution < -0.4 is 4.74 Å². The largest absolute Gasteiger partial charge is 0.438 e. The van der Waals surface area contributed by atoms with Crippen LogP contribution in [-0.2, 0) is 7.05 Å². The molecule has 102 valence electrons. The molecule has 3 rings (SSSR count). The van der Waals surface area contributed by atoms with Gasteiger partial charge in [0, 0.05) is 11.5 Å². The number of fused-ring (bicyclic) bond motifs is 1. The van der Waals surface area contributed by atoms with E-state index in [0.29, 0.717) is 11.7 Å². The average molecular weight is 333 g/mol. The van der Waals surface area contributed by atoms with Crippen molar-refractivity contribution in [2.24, 2.45) is 7.05 Å². The third kappa shape index (κ3) is 2.27. The summed E-state index contributed by atoms with van der Waals surface area (Å²) in [5, 5.41) is 5.00. The Morgan fingerprint density at radius 2 is 2.00 bits per heavy atom. The number of rotatable bonds is 2. The zero-order valence-electron chi connectivity index (χ0n) is 11.4. The van der Waals surface area contributed by atoms with Crippen molar-refractivity contribution in [1.29, 1.82) is 0 Å². The van der Waals surface area contributed by atoms with E-state index in [4.69, 9.17) is 4.74 Å². The lowest BCUT2D eigenvalue weighted by atomic mass is 10.2. The van der Waals surface area contributed by atoms with Crippen LogP contribution in [0.15, 0.2) is 28.9 Å². The highest BCUT2D eigenvalue weighted by molar-refractivity contribution is 9.10. The van der Waals surface area contributed by atoms with Crippen LogP contribution in [0.1, 0.15) is 11.4 Å². The van der Waals surface area contributed by atoms with Crippen LogP contribution in [0.3, 0.4) is 0 Å². The fourth-order valence-electron chi connectivity index (χ4n) is 1.97. The molecule has 2 heterocycles. The maximum atomic E-state index is 5.90.